The van der Waals surface area contributed by atoms with E-state index >= 15 is 0 Å². The Kier molecular flexibility index (Phi) is 2.20. The van der Waals surface area contributed by atoms with Crippen molar-refractivity contribution in [3.8, 4) is 0 Å². The Hall–Kier alpha value is -1.43. The molecule has 0 aliphatic heterocycles. The number of aromatic amines is 1. The van der Waals surface area contributed by atoms with E-state index in [1.807, 2.05) is 24.0 Å². The maximum absolute atomic E-state index is 5.09. The minimum absolute atomic E-state index is 0.162. The molecule has 0 saturated heterocycles. The van der Waals surface area contributed by atoms with E-state index in [0.717, 1.165) is 5.56 Å². The lowest BCUT2D eigenvalue weighted by Gasteiger charge is -2.09. The normalized spacial score (nSPS) is 13.0. The van der Waals surface area contributed by atoms with Crippen molar-refractivity contribution < 1.29 is 0 Å². The van der Waals surface area contributed by atoms with Gasteiger partial charge in [0.25, 0.3) is 0 Å². The van der Waals surface area contributed by atoms with Crippen LogP contribution in [0, 0.1) is 4.77 Å². The molecule has 2 aromatic heterocycles. The fourth-order valence-corrected chi connectivity index (χ4v) is 1.61. The van der Waals surface area contributed by atoms with Gasteiger partial charge in [-0.25, -0.2) is 0 Å². The highest BCUT2D eigenvalue weighted by Crippen LogP contribution is 2.15. The van der Waals surface area contributed by atoms with Gasteiger partial charge in [-0.05, 0) is 19.1 Å². The van der Waals surface area contributed by atoms with Crippen molar-refractivity contribution in [1.82, 2.24) is 24.5 Å². The summed E-state index contributed by atoms with van der Waals surface area (Å²) in [5.74, 6) is 0. The van der Waals surface area contributed by atoms with Gasteiger partial charge < -0.3 is 0 Å². The molecule has 2 aromatic rings. The molecule has 1 N–H and O–H groups in total. The molecule has 14 heavy (non-hydrogen) atoms. The number of aromatic nitrogens is 5. The molecule has 1 unspecified atom stereocenters. The molecule has 0 saturated carbocycles. The first-order valence-electron chi connectivity index (χ1n) is 4.28. The average molecular weight is 209 g/mol. The molecule has 0 aromatic carbocycles. The van der Waals surface area contributed by atoms with Crippen LogP contribution in [0.2, 0.25) is 0 Å². The van der Waals surface area contributed by atoms with Gasteiger partial charge in [-0.15, -0.1) is 0 Å². The van der Waals surface area contributed by atoms with E-state index in [2.05, 4.69) is 22.2 Å². The van der Waals surface area contributed by atoms with Gasteiger partial charge in [0, 0.05) is 18.8 Å². The Morgan fingerprint density at radius 2 is 2.36 bits per heavy atom. The van der Waals surface area contributed by atoms with E-state index in [-0.39, 0.29) is 6.04 Å². The molecule has 5 nitrogen and oxygen atoms in total. The maximum Gasteiger partial charge on any atom is 0.195 e. The summed E-state index contributed by atoms with van der Waals surface area (Å²) < 4.78 is 4.29. The minimum atomic E-state index is 0.162. The van der Waals surface area contributed by atoms with Gasteiger partial charge in [0.1, 0.15) is 6.33 Å². The third-order valence-corrected chi connectivity index (χ3v) is 2.50. The average Bonchev–Trinajstić information content (AvgIpc) is 2.73. The van der Waals surface area contributed by atoms with E-state index < -0.39 is 0 Å². The molecule has 2 rings (SSSR count). The third-order valence-electron chi connectivity index (χ3n) is 2.20. The number of nitrogens with zero attached hydrogens (tertiary/aromatic N) is 4. The van der Waals surface area contributed by atoms with Crippen molar-refractivity contribution in [1.29, 1.82) is 0 Å². The van der Waals surface area contributed by atoms with Crippen LogP contribution >= 0.6 is 12.2 Å². The number of hydrogen-bond acceptors (Lipinski definition) is 3. The second-order valence-electron chi connectivity index (χ2n) is 3.19. The summed E-state index contributed by atoms with van der Waals surface area (Å²) >= 11 is 5.09. The van der Waals surface area contributed by atoms with Crippen LogP contribution in [0.3, 0.4) is 0 Å². The smallest absolute Gasteiger partial charge is 0.195 e. The molecule has 0 aliphatic rings. The molecule has 74 valence electrons. The molecule has 2 heterocycles. The fourth-order valence-electron chi connectivity index (χ4n) is 1.35. The lowest BCUT2D eigenvalue weighted by Crippen LogP contribution is -2.04. The predicted molar refractivity (Wildman–Crippen MR) is 54.4 cm³/mol. The summed E-state index contributed by atoms with van der Waals surface area (Å²) in [6.07, 6.45) is 5.50. The molecule has 0 amide bonds. The van der Waals surface area contributed by atoms with Crippen LogP contribution in [0.25, 0.3) is 0 Å². The molecular formula is C8H11N5S. The number of nitrogens with one attached hydrogen (secondary N) is 1. The Labute approximate surface area is 86.4 Å². The lowest BCUT2D eigenvalue weighted by atomic mass is 10.2. The Morgan fingerprint density at radius 1 is 1.57 bits per heavy atom. The van der Waals surface area contributed by atoms with E-state index in [9.17, 15) is 0 Å². The summed E-state index contributed by atoms with van der Waals surface area (Å²) in [7, 11) is 1.89. The van der Waals surface area contributed by atoms with Crippen molar-refractivity contribution in [3.05, 3.63) is 29.1 Å². The minimum Gasteiger partial charge on any atom is -0.299 e. The van der Waals surface area contributed by atoms with Crippen LogP contribution in [-0.2, 0) is 7.05 Å². The van der Waals surface area contributed by atoms with E-state index in [4.69, 9.17) is 12.2 Å². The largest absolute Gasteiger partial charge is 0.299 e. The zero-order valence-corrected chi connectivity index (χ0v) is 8.82. The van der Waals surface area contributed by atoms with Gasteiger partial charge in [0.15, 0.2) is 4.77 Å². The van der Waals surface area contributed by atoms with Crippen molar-refractivity contribution in [2.24, 2.45) is 7.05 Å². The Morgan fingerprint density at radius 3 is 2.86 bits per heavy atom. The Balaban J connectivity index is 2.38. The number of aryl methyl sites for hydroxylation is 1. The summed E-state index contributed by atoms with van der Waals surface area (Å²) in [5.41, 5.74) is 1.12. The monoisotopic (exact) mass is 209 g/mol. The molecular weight excluding hydrogens is 198 g/mol. The van der Waals surface area contributed by atoms with Crippen molar-refractivity contribution >= 4 is 12.2 Å². The van der Waals surface area contributed by atoms with Crippen LogP contribution in [0.4, 0.5) is 0 Å². The highest BCUT2D eigenvalue weighted by atomic mass is 32.1. The van der Waals surface area contributed by atoms with Crippen LogP contribution in [0.15, 0.2) is 18.7 Å². The lowest BCUT2D eigenvalue weighted by molar-refractivity contribution is 0.627. The first kappa shape index (κ1) is 9.14. The van der Waals surface area contributed by atoms with Crippen LogP contribution in [0.5, 0.6) is 0 Å². The highest BCUT2D eigenvalue weighted by molar-refractivity contribution is 7.71. The molecule has 0 aliphatic carbocycles. The first-order chi connectivity index (χ1) is 6.68. The summed E-state index contributed by atoms with van der Waals surface area (Å²) in [6.45, 7) is 2.06. The maximum atomic E-state index is 5.09. The van der Waals surface area contributed by atoms with Crippen molar-refractivity contribution in [2.75, 3.05) is 0 Å². The fraction of sp³-hybridized carbons (Fsp3) is 0.375. The zero-order chi connectivity index (χ0) is 10.1. The van der Waals surface area contributed by atoms with Gasteiger partial charge in [0.05, 0.1) is 12.2 Å². The zero-order valence-electron chi connectivity index (χ0n) is 8.01. The highest BCUT2D eigenvalue weighted by Gasteiger charge is 2.09. The van der Waals surface area contributed by atoms with Crippen LogP contribution in [-0.4, -0.2) is 24.5 Å². The predicted octanol–water partition coefficient (Wildman–Crippen LogP) is 1.28. The SMILES string of the molecule is CC(c1cnn(C)c1)n1cn[nH]c1=S. The van der Waals surface area contributed by atoms with Crippen LogP contribution in [0.1, 0.15) is 18.5 Å². The van der Waals surface area contributed by atoms with E-state index in [1.54, 1.807) is 11.0 Å². The molecule has 0 fully saturated rings. The number of rotatable bonds is 2. The number of hydrogen-bond donors (Lipinski definition) is 1. The van der Waals surface area contributed by atoms with E-state index in [0.29, 0.717) is 4.77 Å². The Bertz CT molecular complexity index is 480. The second kappa shape index (κ2) is 3.38. The van der Waals surface area contributed by atoms with E-state index in [1.165, 1.54) is 0 Å². The number of H-pyrrole nitrogens is 1. The van der Waals surface area contributed by atoms with Gasteiger partial charge in [0.2, 0.25) is 0 Å². The molecule has 0 radical (unpaired) electrons. The molecule has 1 atom stereocenters. The van der Waals surface area contributed by atoms with Crippen LogP contribution < -0.4 is 0 Å². The topological polar surface area (TPSA) is 51.4 Å². The van der Waals surface area contributed by atoms with Gasteiger partial charge in [-0.1, -0.05) is 0 Å². The van der Waals surface area contributed by atoms with Gasteiger partial charge >= 0.3 is 0 Å². The quantitative estimate of drug-likeness (QED) is 0.758. The summed E-state index contributed by atoms with van der Waals surface area (Å²) in [6, 6.07) is 0.162. The van der Waals surface area contributed by atoms with Crippen molar-refractivity contribution in [3.63, 3.8) is 0 Å². The standard InChI is InChI=1S/C8H11N5S/c1-6(7-3-10-12(2)4-7)13-5-9-11-8(13)14/h3-6H,1-2H3,(H,11,14). The first-order valence-corrected chi connectivity index (χ1v) is 4.69. The van der Waals surface area contributed by atoms with Crippen molar-refractivity contribution in [2.45, 2.75) is 13.0 Å². The molecule has 0 bridgehead atoms. The second-order valence-corrected chi connectivity index (χ2v) is 3.58. The molecule has 0 spiro atoms. The van der Waals surface area contributed by atoms with Gasteiger partial charge in [-0.3, -0.25) is 14.3 Å². The molecule has 6 heteroatoms. The third kappa shape index (κ3) is 1.48. The summed E-state index contributed by atoms with van der Waals surface area (Å²) in [5, 5.41) is 10.7. The summed E-state index contributed by atoms with van der Waals surface area (Å²) in [4.78, 5) is 0. The van der Waals surface area contributed by atoms with Gasteiger partial charge in [-0.2, -0.15) is 10.2 Å².